The first-order valence-corrected chi connectivity index (χ1v) is 40.7. The van der Waals surface area contributed by atoms with Crippen molar-refractivity contribution in [3.05, 3.63) is 133 Å². The minimum atomic E-state index is -1.19. The highest BCUT2D eigenvalue weighted by Crippen LogP contribution is 2.26. The first-order chi connectivity index (χ1) is 63.7. The lowest BCUT2D eigenvalue weighted by Gasteiger charge is -2.23. The van der Waals surface area contributed by atoms with Crippen LogP contribution < -0.4 is 0 Å². The van der Waals surface area contributed by atoms with Crippen LogP contribution in [-0.4, -0.2) is 252 Å². The molecule has 0 aliphatic heterocycles. The molecule has 0 N–H and O–H groups in total. The molecule has 0 bridgehead atoms. The Morgan fingerprint density at radius 3 is 0.844 bits per heavy atom. The molecule has 1 aromatic carbocycles. The Labute approximate surface area is 777 Å². The highest BCUT2D eigenvalue weighted by Gasteiger charge is 2.28. The van der Waals surface area contributed by atoms with E-state index in [9.17, 15) is 105 Å². The standard InChI is InChI=1S/C16H24O6.C14H20O7.C14H14O6.C12H14O8.C11H16O7.C11H16O6.C10H14O7/c1-3-7-15(21-14(18)11-10-13(17)20-2)22-16(19)12-8-5-4-6-9-12;1-10(19-13(16)9-8-12(15)18-2)20-14(17)21-11-6-4-3-5-7-11;1-10(19-13(16)9-8-12(15)18-2)20-14(17)11-6-4-3-5-7-11;1-8(19-11(15)6-4-9(13)17-2)20-12(16)7-5-10(14)18-3;1-7(2)16-11(14)18-8(3)17-10(13)6-5-9(12)15-4;1-7(2)11(14)17-8(3)16-10(13)6-5-9(12)15-4;1-4-15-10(13)17-7(2)16-9(12)6-5-8(11)14-3/h10-12,15H,3-9H2,1-2H3;8-11H,3-7H2,1-2H3;3-10H,1-2H3;4-8H,1-3H3;5-8H,1-4H3;5-8H,1-4H3;5-7H,4H2,1-3H3/b11-10+;2*9-8+;6-4+,7-5+;3*6-5+. The summed E-state index contributed by atoms with van der Waals surface area (Å²) in [5, 5.41) is 0. The Bertz CT molecular complexity index is 4130. The SMILES string of the molecule is CCCC(OC(=O)/C=C/C(=O)OC)OC(=O)C1CCCCC1.CCOC(=O)OC(C)OC(=O)/C=C/C(=O)OC.COC(=O)/C=C/C(=O)OC(C)OC(=O)/C=C/C(=O)OC.COC(=O)/C=C/C(=O)OC(C)OC(=O)C(C)C.COC(=O)/C=C/C(=O)OC(C)OC(=O)OC(C)C.COC(=O)/C=C/C(=O)OC(C)OC(=O)OC1CCCCC1.COC(=O)/C=C/C(=O)OC(C)OC(=O)c1ccccc1. The van der Waals surface area contributed by atoms with Crippen LogP contribution >= 0.6 is 0 Å². The first kappa shape index (κ1) is 126. The third-order valence-corrected chi connectivity index (χ3v) is 14.6. The molecule has 752 valence electrons. The molecular formula is C88H118O47. The first-order valence-electron chi connectivity index (χ1n) is 40.7. The van der Waals surface area contributed by atoms with E-state index >= 15 is 0 Å². The number of methoxy groups -OCH3 is 8. The van der Waals surface area contributed by atoms with E-state index in [-0.39, 0.29) is 36.6 Å². The zero-order valence-electron chi connectivity index (χ0n) is 78.4. The molecule has 0 spiro atoms. The summed E-state index contributed by atoms with van der Waals surface area (Å²) in [6, 6.07) is 8.29. The maximum Gasteiger partial charge on any atom is 0.511 e. The largest absolute Gasteiger partial charge is 0.511 e. The summed E-state index contributed by atoms with van der Waals surface area (Å²) in [5.41, 5.74) is 0.348. The average molecular weight is 1930 g/mol. The molecule has 6 atom stereocenters. The monoisotopic (exact) mass is 1930 g/mol. The molecule has 0 saturated heterocycles. The predicted molar refractivity (Wildman–Crippen MR) is 454 cm³/mol. The number of carbonyl (C=O) groups excluding carboxylic acids is 22. The topological polar surface area (TPSA) is 606 Å². The number of benzene rings is 1. The van der Waals surface area contributed by atoms with Gasteiger partial charge in [0, 0.05) is 145 Å². The molecule has 2 saturated carbocycles. The second kappa shape index (κ2) is 77.6. The lowest BCUT2D eigenvalue weighted by atomic mass is 9.89. The van der Waals surface area contributed by atoms with Gasteiger partial charge in [-0.15, -0.1) is 0 Å². The molecule has 47 nitrogen and oxygen atoms in total. The number of esters is 19. The van der Waals surface area contributed by atoms with Crippen molar-refractivity contribution >= 4 is 132 Å². The van der Waals surface area contributed by atoms with E-state index < -0.39 is 170 Å². The molecule has 47 heteroatoms. The lowest BCUT2D eigenvalue weighted by molar-refractivity contribution is -0.190. The van der Waals surface area contributed by atoms with Crippen molar-refractivity contribution in [1.82, 2.24) is 0 Å². The second-order valence-corrected chi connectivity index (χ2v) is 26.2. The smallest absolute Gasteiger partial charge is 0.466 e. The summed E-state index contributed by atoms with van der Waals surface area (Å²) in [6.45, 7) is 18.4. The van der Waals surface area contributed by atoms with Gasteiger partial charge in [0.15, 0.2) is 0 Å². The van der Waals surface area contributed by atoms with Crippen LogP contribution in [0.25, 0.3) is 0 Å². The average Bonchev–Trinajstić information content (AvgIpc) is 0.829. The van der Waals surface area contributed by atoms with E-state index in [1.54, 1.807) is 65.0 Å². The Morgan fingerprint density at radius 1 is 0.289 bits per heavy atom. The van der Waals surface area contributed by atoms with Crippen LogP contribution in [0.2, 0.25) is 0 Å². The highest BCUT2D eigenvalue weighted by atomic mass is 16.8. The van der Waals surface area contributed by atoms with E-state index in [4.69, 9.17) is 37.9 Å². The van der Waals surface area contributed by atoms with Crippen LogP contribution in [0.5, 0.6) is 0 Å². The van der Waals surface area contributed by atoms with Gasteiger partial charge in [0.05, 0.1) is 87.0 Å². The van der Waals surface area contributed by atoms with Gasteiger partial charge in [-0.3, -0.25) is 9.59 Å². The van der Waals surface area contributed by atoms with Crippen LogP contribution in [0.4, 0.5) is 14.4 Å². The van der Waals surface area contributed by atoms with Crippen LogP contribution in [0.15, 0.2) is 128 Å². The van der Waals surface area contributed by atoms with Crippen LogP contribution in [-0.2, 0) is 205 Å². The molecule has 3 rings (SSSR count). The molecule has 135 heavy (non-hydrogen) atoms. The molecule has 1 aromatic rings. The molecular weight excluding hydrogens is 1810 g/mol. The van der Waals surface area contributed by atoms with E-state index in [2.05, 4.69) is 80.5 Å². The molecule has 6 unspecified atom stereocenters. The third-order valence-electron chi connectivity index (χ3n) is 14.6. The minimum absolute atomic E-state index is 0.0996. The Morgan fingerprint density at radius 2 is 0.556 bits per heavy atom. The van der Waals surface area contributed by atoms with Gasteiger partial charge in [-0.1, -0.05) is 64.7 Å². The summed E-state index contributed by atoms with van der Waals surface area (Å²) in [4.78, 5) is 244. The van der Waals surface area contributed by atoms with Gasteiger partial charge < -0.3 is 118 Å². The number of ether oxygens (including phenoxy) is 25. The maximum absolute atomic E-state index is 12.1. The van der Waals surface area contributed by atoms with Gasteiger partial charge >= 0.3 is 132 Å². The maximum atomic E-state index is 12.1. The van der Waals surface area contributed by atoms with Crippen LogP contribution in [0, 0.1) is 11.8 Å². The molecule has 0 amide bonds. The summed E-state index contributed by atoms with van der Waals surface area (Å²) >= 11 is 0. The highest BCUT2D eigenvalue weighted by molar-refractivity contribution is 5.96. The Hall–Kier alpha value is -15.1. The van der Waals surface area contributed by atoms with E-state index in [0.717, 1.165) is 176 Å². The number of hydrogen-bond donors (Lipinski definition) is 0. The van der Waals surface area contributed by atoms with Gasteiger partial charge in [-0.05, 0) is 77.8 Å². The van der Waals surface area contributed by atoms with E-state index in [1.807, 2.05) is 6.92 Å². The number of carbonyl (C=O) groups is 22. The fourth-order valence-electron chi connectivity index (χ4n) is 8.53. The van der Waals surface area contributed by atoms with Crippen molar-refractivity contribution in [2.75, 3.05) is 63.5 Å². The van der Waals surface area contributed by atoms with Crippen LogP contribution in [0.1, 0.15) is 170 Å². The van der Waals surface area contributed by atoms with Gasteiger partial charge in [0.25, 0.3) is 0 Å². The fraction of sp³-hybridized carbons (Fsp3) is 0.500. The van der Waals surface area contributed by atoms with Crippen LogP contribution in [0.3, 0.4) is 0 Å². The summed E-state index contributed by atoms with van der Waals surface area (Å²) in [6.07, 6.45) is 14.3. The second-order valence-electron chi connectivity index (χ2n) is 26.2. The minimum Gasteiger partial charge on any atom is -0.466 e. The van der Waals surface area contributed by atoms with Crippen molar-refractivity contribution in [3.63, 3.8) is 0 Å². The predicted octanol–water partition coefficient (Wildman–Crippen LogP) is 8.69. The van der Waals surface area contributed by atoms with Crippen molar-refractivity contribution in [3.8, 4) is 0 Å². The number of rotatable bonds is 38. The molecule has 2 aliphatic carbocycles. The number of hydrogen-bond acceptors (Lipinski definition) is 47. The van der Waals surface area contributed by atoms with Gasteiger partial charge in [-0.2, -0.15) is 0 Å². The normalized spacial score (nSPS) is 13.4. The quantitative estimate of drug-likeness (QED) is 0.0258. The fourth-order valence-corrected chi connectivity index (χ4v) is 8.53. The van der Waals surface area contributed by atoms with Gasteiger partial charge in [0.2, 0.25) is 44.0 Å². The van der Waals surface area contributed by atoms with Crippen molar-refractivity contribution < 1.29 is 224 Å². The lowest BCUT2D eigenvalue weighted by Crippen LogP contribution is -2.29. The van der Waals surface area contributed by atoms with E-state index in [0.29, 0.717) is 18.4 Å². The molecule has 0 aromatic heterocycles. The summed E-state index contributed by atoms with van der Waals surface area (Å²) in [7, 11) is 9.41. The van der Waals surface area contributed by atoms with Crippen molar-refractivity contribution in [1.29, 1.82) is 0 Å². The molecule has 2 aliphatic rings. The Kier molecular flexibility index (Phi) is 72.5. The van der Waals surface area contributed by atoms with Gasteiger partial charge in [0.1, 0.15) is 6.10 Å². The molecule has 0 heterocycles. The zero-order chi connectivity index (χ0) is 103. The third kappa shape index (κ3) is 75.3. The molecule has 0 radical (unpaired) electrons. The zero-order valence-corrected chi connectivity index (χ0v) is 78.4. The van der Waals surface area contributed by atoms with E-state index in [1.165, 1.54) is 84.2 Å². The van der Waals surface area contributed by atoms with Crippen molar-refractivity contribution in [2.45, 2.75) is 216 Å². The molecule has 2 fully saturated rings. The van der Waals surface area contributed by atoms with Crippen molar-refractivity contribution in [2.24, 2.45) is 11.8 Å². The Balaban J connectivity index is -0.000000743. The summed E-state index contributed by atoms with van der Waals surface area (Å²) in [5.74, 6) is -14.0. The van der Waals surface area contributed by atoms with Gasteiger partial charge in [-0.25, -0.2) is 95.9 Å². The summed E-state index contributed by atoms with van der Waals surface area (Å²) < 4.78 is 115.